The van der Waals surface area contributed by atoms with Crippen LogP contribution in [0.25, 0.3) is 5.57 Å². The highest BCUT2D eigenvalue weighted by atomic mass is 15.3. The molecule has 1 saturated heterocycles. The maximum Gasteiger partial charge on any atom is 0.213 e. The van der Waals surface area contributed by atoms with E-state index in [1.807, 2.05) is 0 Å². The van der Waals surface area contributed by atoms with Gasteiger partial charge >= 0.3 is 0 Å². The zero-order valence-corrected chi connectivity index (χ0v) is 34.4. The highest BCUT2D eigenvalue weighted by Crippen LogP contribution is 2.67. The van der Waals surface area contributed by atoms with Gasteiger partial charge in [0.15, 0.2) is 0 Å². The molecular weight excluding hydrogens is 653 g/mol. The second-order valence-electron chi connectivity index (χ2n) is 21.1. The van der Waals surface area contributed by atoms with Crippen LogP contribution in [0.15, 0.2) is 117 Å². The molecule has 0 radical (unpaired) electrons. The zero-order valence-electron chi connectivity index (χ0n) is 34.4. The summed E-state index contributed by atoms with van der Waals surface area (Å²) in [5, 5.41) is 4.01. The molecule has 4 heterocycles. The van der Waals surface area contributed by atoms with Gasteiger partial charge < -0.3 is 15.1 Å². The van der Waals surface area contributed by atoms with Gasteiger partial charge in [-0.1, -0.05) is 120 Å². The molecule has 1 aromatic carbocycles. The Labute approximate surface area is 325 Å². The van der Waals surface area contributed by atoms with Crippen molar-refractivity contribution in [1.29, 1.82) is 0 Å². The van der Waals surface area contributed by atoms with Crippen LogP contribution < -0.4 is 10.2 Å². The number of nitrogens with zero attached hydrogens (tertiary/aromatic N) is 2. The monoisotopic (exact) mass is 713 g/mol. The molecular formula is C50H60BN3. The summed E-state index contributed by atoms with van der Waals surface area (Å²) >= 11 is 0. The fraction of sp³-hybridized carbons (Fsp3) is 0.520. The Balaban J connectivity index is 1.19. The maximum absolute atomic E-state index is 4.01. The van der Waals surface area contributed by atoms with Gasteiger partial charge in [-0.2, -0.15) is 0 Å². The summed E-state index contributed by atoms with van der Waals surface area (Å²) in [6.45, 7) is 22.7. The molecule has 0 bridgehead atoms. The van der Waals surface area contributed by atoms with Crippen molar-refractivity contribution in [3.63, 3.8) is 0 Å². The summed E-state index contributed by atoms with van der Waals surface area (Å²) in [4.78, 5) is 6.00. The molecule has 1 aromatic rings. The first kappa shape index (κ1) is 33.7. The van der Waals surface area contributed by atoms with E-state index in [4.69, 9.17) is 0 Å². The number of allylic oxidation sites excluding steroid dienone is 9. The van der Waals surface area contributed by atoms with Crippen molar-refractivity contribution in [1.82, 2.24) is 4.90 Å². The highest BCUT2D eigenvalue weighted by Gasteiger charge is 2.63. The normalized spacial score (nSPS) is 32.8. The molecule has 4 aliphatic heterocycles. The van der Waals surface area contributed by atoms with Crippen LogP contribution in [0.4, 0.5) is 11.4 Å². The predicted molar refractivity (Wildman–Crippen MR) is 228 cm³/mol. The van der Waals surface area contributed by atoms with Crippen LogP contribution in [-0.4, -0.2) is 35.8 Å². The third-order valence-corrected chi connectivity index (χ3v) is 15.6. The first-order valence-electron chi connectivity index (χ1n) is 21.6. The van der Waals surface area contributed by atoms with Crippen LogP contribution in [0.3, 0.4) is 0 Å². The molecule has 10 aliphatic rings. The van der Waals surface area contributed by atoms with Crippen molar-refractivity contribution in [2.75, 3.05) is 10.2 Å². The molecule has 4 heteroatoms. The van der Waals surface area contributed by atoms with Gasteiger partial charge in [-0.3, -0.25) is 0 Å². The number of rotatable bonds is 1. The van der Waals surface area contributed by atoms with E-state index < -0.39 is 0 Å². The predicted octanol–water partition coefficient (Wildman–Crippen LogP) is 12.1. The summed E-state index contributed by atoms with van der Waals surface area (Å²) in [6, 6.07) is 8.85. The van der Waals surface area contributed by atoms with Crippen LogP contribution in [0, 0.1) is 22.2 Å². The third kappa shape index (κ3) is 4.38. The number of fused-ring (bicyclic) bond motifs is 11. The van der Waals surface area contributed by atoms with Crippen LogP contribution in [-0.2, 0) is 0 Å². The van der Waals surface area contributed by atoms with Crippen LogP contribution in [0.5, 0.6) is 0 Å². The largest absolute Gasteiger partial charge is 0.378 e. The molecule has 0 spiro atoms. The van der Waals surface area contributed by atoms with Gasteiger partial charge in [0.1, 0.15) is 0 Å². The van der Waals surface area contributed by atoms with E-state index >= 15 is 0 Å². The lowest BCUT2D eigenvalue weighted by molar-refractivity contribution is 0.290. The molecule has 6 atom stereocenters. The highest BCUT2D eigenvalue weighted by molar-refractivity contribution is 6.77. The van der Waals surface area contributed by atoms with E-state index in [1.165, 1.54) is 41.8 Å². The molecule has 6 aliphatic carbocycles. The summed E-state index contributed by atoms with van der Waals surface area (Å²) in [5.41, 5.74) is 22.3. The van der Waals surface area contributed by atoms with E-state index in [0.717, 1.165) is 32.1 Å². The second kappa shape index (κ2) is 11.0. The van der Waals surface area contributed by atoms with Crippen molar-refractivity contribution < 1.29 is 0 Å². The minimum Gasteiger partial charge on any atom is -0.378 e. The lowest BCUT2D eigenvalue weighted by atomic mass is 9.24. The fourth-order valence-corrected chi connectivity index (χ4v) is 13.2. The van der Waals surface area contributed by atoms with Crippen molar-refractivity contribution in [2.45, 2.75) is 144 Å². The first-order chi connectivity index (χ1) is 25.7. The summed E-state index contributed by atoms with van der Waals surface area (Å²) in [6.07, 6.45) is 28.1. The average Bonchev–Trinajstić information content (AvgIpc) is 3.76. The number of nitrogens with one attached hydrogen (secondary N) is 1. The van der Waals surface area contributed by atoms with Crippen molar-refractivity contribution >= 4 is 23.7 Å². The van der Waals surface area contributed by atoms with Gasteiger partial charge in [-0.25, -0.2) is 0 Å². The summed E-state index contributed by atoms with van der Waals surface area (Å²) in [7, 11) is 0. The molecule has 1 fully saturated rings. The van der Waals surface area contributed by atoms with E-state index in [-0.39, 0.29) is 16.2 Å². The standard InChI is InChI=1S/C50H60BN3/c1-28-23-41-45-42(24-28)54-46-33(43-31-15-10-12-17-34(31)50(8,9)47(43)54)25-30(49(5,6)7)26-36(46)51(45)35-22-21-29(48(2,3)4)27-40(35)53(41)39-20-14-19-38-44(39)32-16-11-13-18-37(32)52-38/h14-17,19-21,24-26,33,35,37,40-41,46,52H,10-13,18,22-23,27H2,1-9H3/t33?,35?,37?,40-,41?,46?/m1/s1. The third-order valence-electron chi connectivity index (χ3n) is 15.6. The molecule has 278 valence electrons. The van der Waals surface area contributed by atoms with Gasteiger partial charge in [-0.15, -0.1) is 0 Å². The zero-order chi connectivity index (χ0) is 37.2. The Bertz CT molecular complexity index is 2210. The number of hydrogen-bond donors (Lipinski definition) is 1. The first-order valence-corrected chi connectivity index (χ1v) is 21.6. The van der Waals surface area contributed by atoms with Crippen LogP contribution in [0.2, 0.25) is 5.82 Å². The number of anilines is 2. The van der Waals surface area contributed by atoms with E-state index in [9.17, 15) is 0 Å². The van der Waals surface area contributed by atoms with Gasteiger partial charge in [0, 0.05) is 51.7 Å². The Morgan fingerprint density at radius 2 is 1.72 bits per heavy atom. The lowest BCUT2D eigenvalue weighted by Gasteiger charge is -2.60. The van der Waals surface area contributed by atoms with E-state index in [2.05, 4.69) is 138 Å². The van der Waals surface area contributed by atoms with Crippen LogP contribution >= 0.6 is 0 Å². The molecule has 3 nitrogen and oxygen atoms in total. The smallest absolute Gasteiger partial charge is 0.213 e. The molecule has 0 saturated carbocycles. The topological polar surface area (TPSA) is 18.5 Å². The molecule has 0 aromatic heterocycles. The minimum atomic E-state index is -0.0185. The SMILES string of the molecule is CC1=CC2=C3B(C4=CC(C(C)(C)C)=CC5C6=C(N2C45)C(C)(C)C2=CCCC=C26)C2CC=C(C(C)(C)C)C[C@H]2N(c2cccc4c2C2=CCCCC2N4)C3C1. The minimum absolute atomic E-state index is 0.0185. The molecule has 11 rings (SSSR count). The van der Waals surface area contributed by atoms with Crippen molar-refractivity contribution in [3.8, 4) is 0 Å². The van der Waals surface area contributed by atoms with Crippen molar-refractivity contribution in [3.05, 3.63) is 122 Å². The quantitative estimate of drug-likeness (QED) is 0.231. The molecule has 5 unspecified atom stereocenters. The Kier molecular flexibility index (Phi) is 6.86. The van der Waals surface area contributed by atoms with Crippen LogP contribution in [0.1, 0.15) is 119 Å². The van der Waals surface area contributed by atoms with Crippen molar-refractivity contribution in [2.24, 2.45) is 22.2 Å². The van der Waals surface area contributed by atoms with Gasteiger partial charge in [0.25, 0.3) is 0 Å². The van der Waals surface area contributed by atoms with Gasteiger partial charge in [0.2, 0.25) is 6.71 Å². The summed E-state index contributed by atoms with van der Waals surface area (Å²) in [5.74, 6) is 0.929. The molecule has 1 N–H and O–H groups in total. The van der Waals surface area contributed by atoms with E-state index in [1.54, 1.807) is 55.8 Å². The Morgan fingerprint density at radius 1 is 0.907 bits per heavy atom. The van der Waals surface area contributed by atoms with Gasteiger partial charge in [-0.05, 0) is 121 Å². The lowest BCUT2D eigenvalue weighted by Crippen LogP contribution is -2.64. The fourth-order valence-electron chi connectivity index (χ4n) is 13.2. The number of benzene rings is 1. The average molecular weight is 714 g/mol. The Morgan fingerprint density at radius 3 is 2.52 bits per heavy atom. The van der Waals surface area contributed by atoms with E-state index in [0.29, 0.717) is 42.6 Å². The molecule has 0 amide bonds. The van der Waals surface area contributed by atoms with Gasteiger partial charge in [0.05, 0.1) is 12.1 Å². The second-order valence-corrected chi connectivity index (χ2v) is 21.1. The molecule has 54 heavy (non-hydrogen) atoms. The number of hydrogen-bond acceptors (Lipinski definition) is 3. The maximum atomic E-state index is 4.01. The summed E-state index contributed by atoms with van der Waals surface area (Å²) < 4.78 is 0. The Hall–Kier alpha value is -3.66.